The molecule has 0 amide bonds. The molecule has 1 aliphatic rings. The number of hydrogen-bond acceptors (Lipinski definition) is 2. The van der Waals surface area contributed by atoms with Crippen LogP contribution >= 0.6 is 0 Å². The van der Waals surface area contributed by atoms with E-state index in [2.05, 4.69) is 48.1 Å². The second-order valence-corrected chi connectivity index (χ2v) is 3.92. The summed E-state index contributed by atoms with van der Waals surface area (Å²) in [6, 6.07) is 8.84. The van der Waals surface area contributed by atoms with Crippen LogP contribution in [-0.4, -0.2) is 6.54 Å². The van der Waals surface area contributed by atoms with Gasteiger partial charge in [0.05, 0.1) is 5.70 Å². The Labute approximate surface area is 91.4 Å². The summed E-state index contributed by atoms with van der Waals surface area (Å²) in [6.07, 6.45) is 5.91. The molecule has 0 saturated carbocycles. The maximum atomic E-state index is 3.15. The van der Waals surface area contributed by atoms with Gasteiger partial charge in [-0.05, 0) is 30.0 Å². The number of aryl methyl sites for hydroxylation is 1. The summed E-state index contributed by atoms with van der Waals surface area (Å²) in [4.78, 5) is 0. The fourth-order valence-electron chi connectivity index (χ4n) is 1.77. The van der Waals surface area contributed by atoms with Gasteiger partial charge in [0.25, 0.3) is 0 Å². The number of hydrazine groups is 1. The average molecular weight is 202 g/mol. The molecule has 1 aromatic rings. The lowest BCUT2D eigenvalue weighted by Gasteiger charge is -2.05. The Balaban J connectivity index is 2.03. The topological polar surface area (TPSA) is 24.1 Å². The first-order valence-electron chi connectivity index (χ1n) is 5.68. The minimum Gasteiger partial charge on any atom is -0.321 e. The van der Waals surface area contributed by atoms with Gasteiger partial charge in [-0.15, -0.1) is 0 Å². The Bertz CT molecular complexity index is 338. The van der Waals surface area contributed by atoms with Crippen LogP contribution in [0.1, 0.15) is 30.9 Å². The quantitative estimate of drug-likeness (QED) is 0.783. The van der Waals surface area contributed by atoms with Crippen LogP contribution in [-0.2, 0) is 6.42 Å². The van der Waals surface area contributed by atoms with E-state index in [1.807, 2.05) is 0 Å². The summed E-state index contributed by atoms with van der Waals surface area (Å²) >= 11 is 0. The highest BCUT2D eigenvalue weighted by atomic mass is 15.4. The van der Waals surface area contributed by atoms with Crippen LogP contribution in [0.2, 0.25) is 0 Å². The lowest BCUT2D eigenvalue weighted by molar-refractivity contribution is 0.738. The van der Waals surface area contributed by atoms with E-state index in [-0.39, 0.29) is 0 Å². The highest BCUT2D eigenvalue weighted by Crippen LogP contribution is 2.15. The molecule has 15 heavy (non-hydrogen) atoms. The predicted molar refractivity (Wildman–Crippen MR) is 64.2 cm³/mol. The van der Waals surface area contributed by atoms with Crippen LogP contribution in [0.25, 0.3) is 5.70 Å². The molecule has 0 bridgehead atoms. The molecule has 0 unspecified atom stereocenters. The molecule has 0 atom stereocenters. The molecule has 2 heteroatoms. The van der Waals surface area contributed by atoms with Crippen molar-refractivity contribution in [2.24, 2.45) is 0 Å². The molecule has 1 aliphatic heterocycles. The monoisotopic (exact) mass is 202 g/mol. The van der Waals surface area contributed by atoms with Crippen molar-refractivity contribution in [2.75, 3.05) is 6.54 Å². The van der Waals surface area contributed by atoms with E-state index in [1.54, 1.807) is 0 Å². The van der Waals surface area contributed by atoms with Crippen LogP contribution < -0.4 is 10.9 Å². The molecule has 0 saturated heterocycles. The van der Waals surface area contributed by atoms with Gasteiger partial charge in [0, 0.05) is 6.54 Å². The predicted octanol–water partition coefficient (Wildman–Crippen LogP) is 2.48. The van der Waals surface area contributed by atoms with Crippen LogP contribution in [0.3, 0.4) is 0 Å². The normalized spacial score (nSPS) is 14.9. The molecule has 1 heterocycles. The lowest BCUT2D eigenvalue weighted by atomic mass is 10.1. The molecular formula is C13H18N2. The third-order valence-corrected chi connectivity index (χ3v) is 2.72. The summed E-state index contributed by atoms with van der Waals surface area (Å²) in [5, 5.41) is 0. The molecule has 0 aromatic heterocycles. The van der Waals surface area contributed by atoms with E-state index >= 15 is 0 Å². The summed E-state index contributed by atoms with van der Waals surface area (Å²) in [7, 11) is 0. The lowest BCUT2D eigenvalue weighted by Crippen LogP contribution is -2.22. The van der Waals surface area contributed by atoms with Crippen molar-refractivity contribution in [3.8, 4) is 0 Å². The van der Waals surface area contributed by atoms with E-state index < -0.39 is 0 Å². The zero-order chi connectivity index (χ0) is 10.5. The Morgan fingerprint density at radius 3 is 2.60 bits per heavy atom. The van der Waals surface area contributed by atoms with Crippen molar-refractivity contribution in [2.45, 2.75) is 26.2 Å². The summed E-state index contributed by atoms with van der Waals surface area (Å²) in [5.74, 6) is 0. The van der Waals surface area contributed by atoms with Crippen LogP contribution in [0.5, 0.6) is 0 Å². The van der Waals surface area contributed by atoms with Gasteiger partial charge in [-0.3, -0.25) is 0 Å². The molecular weight excluding hydrogens is 184 g/mol. The first-order chi connectivity index (χ1) is 7.40. The molecule has 2 rings (SSSR count). The maximum Gasteiger partial charge on any atom is 0.0533 e. The number of hydrogen-bond donors (Lipinski definition) is 2. The highest BCUT2D eigenvalue weighted by molar-refractivity contribution is 5.65. The summed E-state index contributed by atoms with van der Waals surface area (Å²) in [6.45, 7) is 3.14. The van der Waals surface area contributed by atoms with Crippen LogP contribution in [0.15, 0.2) is 30.3 Å². The van der Waals surface area contributed by atoms with Gasteiger partial charge in [0.2, 0.25) is 0 Å². The largest absolute Gasteiger partial charge is 0.321 e. The summed E-state index contributed by atoms with van der Waals surface area (Å²) in [5.41, 5.74) is 10.1. The first kappa shape index (κ1) is 10.2. The van der Waals surface area contributed by atoms with E-state index in [0.717, 1.165) is 6.54 Å². The van der Waals surface area contributed by atoms with E-state index in [1.165, 1.54) is 36.1 Å². The Morgan fingerprint density at radius 1 is 1.20 bits per heavy atom. The van der Waals surface area contributed by atoms with Gasteiger partial charge >= 0.3 is 0 Å². The molecule has 0 radical (unpaired) electrons. The fraction of sp³-hybridized carbons (Fsp3) is 0.385. The zero-order valence-electron chi connectivity index (χ0n) is 9.22. The van der Waals surface area contributed by atoms with Gasteiger partial charge in [0.1, 0.15) is 0 Å². The van der Waals surface area contributed by atoms with Gasteiger partial charge in [-0.25, -0.2) is 5.43 Å². The molecule has 2 N–H and O–H groups in total. The standard InChI is InChI=1S/C13H18N2/c1-2-3-4-11-5-7-12(8-6-11)13-9-10-14-15-13/h5-9,14-15H,2-4,10H2,1H3. The SMILES string of the molecule is CCCCc1ccc(C2=CCNN2)cc1. The van der Waals surface area contributed by atoms with Gasteiger partial charge in [0.15, 0.2) is 0 Å². The number of benzene rings is 1. The Kier molecular flexibility index (Phi) is 3.41. The third kappa shape index (κ3) is 2.60. The van der Waals surface area contributed by atoms with Crippen LogP contribution in [0, 0.1) is 0 Å². The zero-order valence-corrected chi connectivity index (χ0v) is 9.22. The van der Waals surface area contributed by atoms with E-state index in [4.69, 9.17) is 0 Å². The third-order valence-electron chi connectivity index (χ3n) is 2.72. The molecule has 1 aromatic carbocycles. The number of rotatable bonds is 4. The van der Waals surface area contributed by atoms with Crippen molar-refractivity contribution in [3.05, 3.63) is 41.5 Å². The molecule has 2 nitrogen and oxygen atoms in total. The van der Waals surface area contributed by atoms with Crippen molar-refractivity contribution in [1.29, 1.82) is 0 Å². The Hall–Kier alpha value is -1.28. The van der Waals surface area contributed by atoms with Crippen LogP contribution in [0.4, 0.5) is 0 Å². The fourth-order valence-corrected chi connectivity index (χ4v) is 1.77. The minimum atomic E-state index is 0.910. The van der Waals surface area contributed by atoms with Gasteiger partial charge < -0.3 is 5.43 Å². The summed E-state index contributed by atoms with van der Waals surface area (Å²) < 4.78 is 0. The smallest absolute Gasteiger partial charge is 0.0533 e. The minimum absolute atomic E-state index is 0.910. The van der Waals surface area contributed by atoms with Crippen molar-refractivity contribution in [3.63, 3.8) is 0 Å². The molecule has 0 aliphatic carbocycles. The maximum absolute atomic E-state index is 3.15. The second kappa shape index (κ2) is 4.99. The molecule has 80 valence electrons. The average Bonchev–Trinajstić information content (AvgIpc) is 2.80. The second-order valence-electron chi connectivity index (χ2n) is 3.92. The Morgan fingerprint density at radius 2 is 2.00 bits per heavy atom. The van der Waals surface area contributed by atoms with Crippen molar-refractivity contribution >= 4 is 5.70 Å². The number of unbranched alkanes of at least 4 members (excludes halogenated alkanes) is 1. The van der Waals surface area contributed by atoms with E-state index in [9.17, 15) is 0 Å². The van der Waals surface area contributed by atoms with E-state index in [0.29, 0.717) is 0 Å². The molecule has 0 fully saturated rings. The number of nitrogens with one attached hydrogen (secondary N) is 2. The molecule has 0 spiro atoms. The van der Waals surface area contributed by atoms with Gasteiger partial charge in [-0.2, -0.15) is 0 Å². The van der Waals surface area contributed by atoms with Crippen molar-refractivity contribution < 1.29 is 0 Å². The van der Waals surface area contributed by atoms with Gasteiger partial charge in [-0.1, -0.05) is 37.6 Å². The van der Waals surface area contributed by atoms with Crippen molar-refractivity contribution in [1.82, 2.24) is 10.9 Å². The first-order valence-corrected chi connectivity index (χ1v) is 5.68. The highest BCUT2D eigenvalue weighted by Gasteiger charge is 2.04.